The topological polar surface area (TPSA) is 80.7 Å². The normalized spacial score (nSPS) is 21.7. The third-order valence-corrected chi connectivity index (χ3v) is 5.62. The van der Waals surface area contributed by atoms with Crippen molar-refractivity contribution in [2.45, 2.75) is 24.4 Å². The Bertz CT molecular complexity index is 1130. The van der Waals surface area contributed by atoms with Crippen LogP contribution >= 0.6 is 0 Å². The predicted octanol–water partition coefficient (Wildman–Crippen LogP) is 3.13. The highest BCUT2D eigenvalue weighted by atomic mass is 16.5. The van der Waals surface area contributed by atoms with Crippen LogP contribution in [0.25, 0.3) is 0 Å². The number of pyridine rings is 1. The number of nitrogens with zero attached hydrogens (tertiary/aromatic N) is 2. The number of hydrogen-bond donors (Lipinski definition) is 1. The minimum atomic E-state index is -0.552. The number of benzene rings is 2. The fourth-order valence-corrected chi connectivity index (χ4v) is 3.80. The van der Waals surface area contributed by atoms with E-state index in [0.717, 1.165) is 12.0 Å². The van der Waals surface area contributed by atoms with E-state index in [2.05, 4.69) is 27.4 Å². The fourth-order valence-electron chi connectivity index (χ4n) is 3.80. The summed E-state index contributed by atoms with van der Waals surface area (Å²) in [5.41, 5.74) is 3.09. The van der Waals surface area contributed by atoms with Crippen molar-refractivity contribution < 1.29 is 14.3 Å². The number of ether oxygens (including phenoxy) is 1. The first-order valence-corrected chi connectivity index (χ1v) is 10.3. The zero-order chi connectivity index (χ0) is 21.2. The standard InChI is InChI=1S/C25H21N3O3/c29-23(19-7-4-12-26-14-19)17-8-10-18(11-9-17)25-28-22(15-31-25)24(30)27-21-13-20(21)16-5-2-1-3-6-16/h1-12,14,20-22H,13,15H2,(H,27,30)/t20-,21+,22-/m0/s1. The minimum absolute atomic E-state index is 0.0939. The van der Waals surface area contributed by atoms with Gasteiger partial charge in [0, 0.05) is 41.0 Å². The van der Waals surface area contributed by atoms with Crippen LogP contribution in [-0.2, 0) is 9.53 Å². The number of ketones is 1. The number of amides is 1. The first kappa shape index (κ1) is 19.2. The van der Waals surface area contributed by atoms with Crippen LogP contribution in [-0.4, -0.2) is 41.3 Å². The lowest BCUT2D eigenvalue weighted by Crippen LogP contribution is -2.36. The highest BCUT2D eigenvalue weighted by molar-refractivity contribution is 6.09. The van der Waals surface area contributed by atoms with Crippen molar-refractivity contribution in [3.05, 3.63) is 101 Å². The highest BCUT2D eigenvalue weighted by Gasteiger charge is 2.41. The molecular formula is C25H21N3O3. The maximum Gasteiger partial charge on any atom is 0.248 e. The molecular weight excluding hydrogens is 390 g/mol. The highest BCUT2D eigenvalue weighted by Crippen LogP contribution is 2.40. The second kappa shape index (κ2) is 8.14. The van der Waals surface area contributed by atoms with Crippen molar-refractivity contribution in [1.82, 2.24) is 10.3 Å². The number of aliphatic imine (C=N–C) groups is 1. The Morgan fingerprint density at radius 2 is 1.74 bits per heavy atom. The molecule has 1 saturated carbocycles. The number of aromatic nitrogens is 1. The van der Waals surface area contributed by atoms with Crippen LogP contribution in [0.15, 0.2) is 84.1 Å². The van der Waals surface area contributed by atoms with Crippen LogP contribution in [0.3, 0.4) is 0 Å². The van der Waals surface area contributed by atoms with Crippen molar-refractivity contribution in [2.75, 3.05) is 6.61 Å². The molecule has 0 spiro atoms. The molecule has 0 saturated heterocycles. The second-order valence-corrected chi connectivity index (χ2v) is 7.78. The smallest absolute Gasteiger partial charge is 0.248 e. The lowest BCUT2D eigenvalue weighted by molar-refractivity contribution is -0.122. The third-order valence-electron chi connectivity index (χ3n) is 5.62. The zero-order valence-electron chi connectivity index (χ0n) is 16.8. The van der Waals surface area contributed by atoms with Crippen LogP contribution in [0, 0.1) is 0 Å². The summed E-state index contributed by atoms with van der Waals surface area (Å²) in [6.07, 6.45) is 4.13. The van der Waals surface area contributed by atoms with Gasteiger partial charge in [-0.25, -0.2) is 4.99 Å². The Hall–Kier alpha value is -3.80. The first-order chi connectivity index (χ1) is 15.2. The Morgan fingerprint density at radius 3 is 2.48 bits per heavy atom. The summed E-state index contributed by atoms with van der Waals surface area (Å²) in [5, 5.41) is 3.08. The van der Waals surface area contributed by atoms with Crippen LogP contribution in [0.1, 0.15) is 39.4 Å². The first-order valence-electron chi connectivity index (χ1n) is 10.3. The van der Waals surface area contributed by atoms with Crippen LogP contribution < -0.4 is 5.32 Å². The average Bonchev–Trinajstić information content (AvgIpc) is 3.41. The average molecular weight is 411 g/mol. The molecule has 2 heterocycles. The summed E-state index contributed by atoms with van der Waals surface area (Å²) in [5.74, 6) is 0.599. The molecule has 2 aliphatic rings. The van der Waals surface area contributed by atoms with E-state index in [1.807, 2.05) is 18.2 Å². The molecule has 6 nitrogen and oxygen atoms in total. The summed E-state index contributed by atoms with van der Waals surface area (Å²) in [6, 6.07) is 20.3. The van der Waals surface area contributed by atoms with Gasteiger partial charge in [0.05, 0.1) is 0 Å². The van der Waals surface area contributed by atoms with Gasteiger partial charge in [-0.3, -0.25) is 14.6 Å². The molecule has 1 aromatic heterocycles. The van der Waals surface area contributed by atoms with E-state index in [4.69, 9.17) is 4.74 Å². The number of carbonyl (C=O) groups is 2. The molecule has 0 bridgehead atoms. The molecule has 3 aromatic rings. The Balaban J connectivity index is 1.21. The Labute approximate surface area is 180 Å². The third kappa shape index (κ3) is 4.10. The molecule has 3 atom stereocenters. The summed E-state index contributed by atoms with van der Waals surface area (Å²) in [4.78, 5) is 33.5. The molecule has 1 amide bonds. The van der Waals surface area contributed by atoms with Gasteiger partial charge in [-0.05, 0) is 36.2 Å². The lowest BCUT2D eigenvalue weighted by atomic mass is 10.0. The summed E-state index contributed by atoms with van der Waals surface area (Å²) >= 11 is 0. The molecule has 0 unspecified atom stereocenters. The molecule has 2 aromatic carbocycles. The summed E-state index contributed by atoms with van der Waals surface area (Å²) in [7, 11) is 0. The maximum absolute atomic E-state index is 12.6. The van der Waals surface area contributed by atoms with Gasteiger partial charge in [0.2, 0.25) is 11.8 Å². The fraction of sp³-hybridized carbons (Fsp3) is 0.200. The molecule has 0 radical (unpaired) electrons. The molecule has 154 valence electrons. The van der Waals surface area contributed by atoms with Crippen molar-refractivity contribution >= 4 is 17.6 Å². The van der Waals surface area contributed by atoms with Crippen molar-refractivity contribution in [3.63, 3.8) is 0 Å². The van der Waals surface area contributed by atoms with Gasteiger partial charge < -0.3 is 10.1 Å². The van der Waals surface area contributed by atoms with E-state index in [-0.39, 0.29) is 24.3 Å². The molecule has 1 aliphatic heterocycles. The lowest BCUT2D eigenvalue weighted by Gasteiger charge is -2.07. The maximum atomic E-state index is 12.6. The molecule has 1 fully saturated rings. The van der Waals surface area contributed by atoms with E-state index < -0.39 is 6.04 Å². The zero-order valence-corrected chi connectivity index (χ0v) is 16.8. The Morgan fingerprint density at radius 1 is 0.935 bits per heavy atom. The van der Waals surface area contributed by atoms with Crippen LogP contribution in [0.4, 0.5) is 0 Å². The van der Waals surface area contributed by atoms with Gasteiger partial charge in [0.15, 0.2) is 11.8 Å². The molecule has 5 rings (SSSR count). The van der Waals surface area contributed by atoms with E-state index in [0.29, 0.717) is 22.9 Å². The van der Waals surface area contributed by atoms with E-state index in [9.17, 15) is 9.59 Å². The van der Waals surface area contributed by atoms with E-state index in [1.54, 1.807) is 48.8 Å². The largest absolute Gasteiger partial charge is 0.475 e. The van der Waals surface area contributed by atoms with Gasteiger partial charge in [0.1, 0.15) is 6.61 Å². The summed E-state index contributed by atoms with van der Waals surface area (Å²) in [6.45, 7) is 0.222. The summed E-state index contributed by atoms with van der Waals surface area (Å²) < 4.78 is 5.67. The molecule has 31 heavy (non-hydrogen) atoms. The minimum Gasteiger partial charge on any atom is -0.475 e. The van der Waals surface area contributed by atoms with Gasteiger partial charge >= 0.3 is 0 Å². The molecule has 1 N–H and O–H groups in total. The van der Waals surface area contributed by atoms with Gasteiger partial charge in [-0.1, -0.05) is 42.5 Å². The number of carbonyl (C=O) groups excluding carboxylic acids is 2. The van der Waals surface area contributed by atoms with Crippen LogP contribution in [0.5, 0.6) is 0 Å². The van der Waals surface area contributed by atoms with Gasteiger partial charge in [-0.15, -0.1) is 0 Å². The monoisotopic (exact) mass is 411 g/mol. The molecule has 6 heteroatoms. The number of nitrogens with one attached hydrogen (secondary N) is 1. The van der Waals surface area contributed by atoms with E-state index >= 15 is 0 Å². The van der Waals surface area contributed by atoms with Crippen LogP contribution in [0.2, 0.25) is 0 Å². The number of hydrogen-bond acceptors (Lipinski definition) is 5. The SMILES string of the molecule is O=C(c1ccc(C2=N[C@H](C(=O)N[C@@H]3C[C@H]3c3ccccc3)CO2)cc1)c1cccnc1. The molecule has 1 aliphatic carbocycles. The van der Waals surface area contributed by atoms with Gasteiger partial charge in [0.25, 0.3) is 0 Å². The predicted molar refractivity (Wildman–Crippen MR) is 116 cm³/mol. The van der Waals surface area contributed by atoms with Crippen molar-refractivity contribution in [1.29, 1.82) is 0 Å². The Kier molecular flexibility index (Phi) is 5.04. The van der Waals surface area contributed by atoms with Crippen molar-refractivity contribution in [2.24, 2.45) is 4.99 Å². The van der Waals surface area contributed by atoms with E-state index in [1.165, 1.54) is 5.56 Å². The quantitative estimate of drug-likeness (QED) is 0.632. The second-order valence-electron chi connectivity index (χ2n) is 7.78. The number of rotatable bonds is 6. The van der Waals surface area contributed by atoms with Crippen molar-refractivity contribution in [3.8, 4) is 0 Å². The van der Waals surface area contributed by atoms with Gasteiger partial charge in [-0.2, -0.15) is 0 Å².